The van der Waals surface area contributed by atoms with Gasteiger partial charge in [-0.1, -0.05) is 43.0 Å². The van der Waals surface area contributed by atoms with Gasteiger partial charge in [-0.15, -0.1) is 11.3 Å². The minimum atomic E-state index is -0.186. The van der Waals surface area contributed by atoms with E-state index in [9.17, 15) is 4.39 Å². The third kappa shape index (κ3) is 3.26. The molecule has 0 fully saturated rings. The average Bonchev–Trinajstić information content (AvgIpc) is 2.90. The molecule has 21 heavy (non-hydrogen) atoms. The molecular weight excluding hydrogens is 303 g/mol. The van der Waals surface area contributed by atoms with Crippen LogP contribution in [0.4, 0.5) is 4.39 Å². The molecule has 0 spiro atoms. The van der Waals surface area contributed by atoms with Crippen LogP contribution in [0, 0.1) is 5.82 Å². The Morgan fingerprint density at radius 2 is 2.05 bits per heavy atom. The van der Waals surface area contributed by atoms with Gasteiger partial charge in [0.05, 0.1) is 15.1 Å². The van der Waals surface area contributed by atoms with Gasteiger partial charge in [0.1, 0.15) is 5.82 Å². The Hall–Kier alpha value is -1.43. The number of nitrogens with one attached hydrogen (secondary N) is 1. The topological polar surface area (TPSA) is 24.9 Å². The summed E-state index contributed by atoms with van der Waals surface area (Å²) in [7, 11) is 0. The van der Waals surface area contributed by atoms with Crippen molar-refractivity contribution in [1.29, 1.82) is 0 Å². The normalized spacial score (nSPS) is 11.1. The lowest BCUT2D eigenvalue weighted by atomic mass is 10.2. The predicted molar refractivity (Wildman–Crippen MR) is 87.5 cm³/mol. The average molecular weight is 318 g/mol. The lowest BCUT2D eigenvalue weighted by Gasteiger charge is -2.09. The zero-order valence-corrected chi connectivity index (χ0v) is 13.2. The van der Waals surface area contributed by atoms with E-state index in [2.05, 4.69) is 10.3 Å². The maximum absolute atomic E-state index is 14.1. The Labute approximate surface area is 131 Å². The summed E-state index contributed by atoms with van der Waals surface area (Å²) in [5.74, 6) is -0.186. The molecule has 5 heteroatoms. The van der Waals surface area contributed by atoms with Crippen LogP contribution in [0.5, 0.6) is 0 Å². The van der Waals surface area contributed by atoms with E-state index in [0.717, 1.165) is 26.7 Å². The van der Waals surface area contributed by atoms with Crippen molar-refractivity contribution in [3.05, 3.63) is 53.8 Å². The summed E-state index contributed by atoms with van der Waals surface area (Å²) in [5, 5.41) is 3.25. The molecule has 0 saturated heterocycles. The standard InChI is InChI=1S/C16H15FN2S2/c1-2-18-10-11-6-5-7-12(17)15(11)21-16-19-13-8-3-4-9-14(13)20-16/h3-9,18H,2,10H2,1H3. The molecular formula is C16H15FN2S2. The van der Waals surface area contributed by atoms with Crippen LogP contribution < -0.4 is 5.32 Å². The summed E-state index contributed by atoms with van der Waals surface area (Å²) >= 11 is 3.01. The Balaban J connectivity index is 1.93. The highest BCUT2D eigenvalue weighted by Gasteiger charge is 2.12. The third-order valence-electron chi connectivity index (χ3n) is 3.08. The van der Waals surface area contributed by atoms with Gasteiger partial charge in [-0.3, -0.25) is 0 Å². The molecule has 1 aromatic heterocycles. The number of halogens is 1. The van der Waals surface area contributed by atoms with Crippen LogP contribution in [-0.2, 0) is 6.54 Å². The number of hydrogen-bond acceptors (Lipinski definition) is 4. The van der Waals surface area contributed by atoms with Crippen molar-refractivity contribution in [2.24, 2.45) is 0 Å². The minimum Gasteiger partial charge on any atom is -0.313 e. The van der Waals surface area contributed by atoms with E-state index in [4.69, 9.17) is 0 Å². The number of nitrogens with zero attached hydrogens (tertiary/aromatic N) is 1. The number of fused-ring (bicyclic) bond motifs is 1. The van der Waals surface area contributed by atoms with Crippen LogP contribution in [0.15, 0.2) is 51.7 Å². The molecule has 0 aliphatic rings. The van der Waals surface area contributed by atoms with Crippen LogP contribution in [0.1, 0.15) is 12.5 Å². The van der Waals surface area contributed by atoms with E-state index in [0.29, 0.717) is 11.4 Å². The molecule has 1 heterocycles. The first-order valence-corrected chi connectivity index (χ1v) is 8.42. The quantitative estimate of drug-likeness (QED) is 0.738. The molecule has 0 saturated carbocycles. The van der Waals surface area contributed by atoms with Crippen LogP contribution in [0.3, 0.4) is 0 Å². The molecule has 3 rings (SSSR count). The maximum Gasteiger partial charge on any atom is 0.156 e. The fourth-order valence-electron chi connectivity index (χ4n) is 2.05. The molecule has 108 valence electrons. The van der Waals surface area contributed by atoms with E-state index in [1.54, 1.807) is 17.4 Å². The first-order valence-electron chi connectivity index (χ1n) is 6.79. The Morgan fingerprint density at radius 3 is 2.86 bits per heavy atom. The molecule has 2 nitrogen and oxygen atoms in total. The van der Waals surface area contributed by atoms with Gasteiger partial charge in [0.25, 0.3) is 0 Å². The Bertz CT molecular complexity index is 722. The molecule has 0 atom stereocenters. The highest BCUT2D eigenvalue weighted by Crippen LogP contribution is 2.37. The van der Waals surface area contributed by atoms with Gasteiger partial charge in [-0.25, -0.2) is 9.37 Å². The maximum atomic E-state index is 14.1. The highest BCUT2D eigenvalue weighted by molar-refractivity contribution is 8.01. The van der Waals surface area contributed by atoms with Crippen molar-refractivity contribution in [3.8, 4) is 0 Å². The van der Waals surface area contributed by atoms with Crippen molar-refractivity contribution >= 4 is 33.3 Å². The number of benzene rings is 2. The number of thiazole rings is 1. The van der Waals surface area contributed by atoms with Crippen molar-refractivity contribution in [2.75, 3.05) is 6.54 Å². The molecule has 0 bridgehead atoms. The summed E-state index contributed by atoms with van der Waals surface area (Å²) in [4.78, 5) is 5.23. The van der Waals surface area contributed by atoms with E-state index in [1.165, 1.54) is 17.8 Å². The highest BCUT2D eigenvalue weighted by atomic mass is 32.2. The predicted octanol–water partition coefficient (Wildman–Crippen LogP) is 4.70. The molecule has 0 unspecified atom stereocenters. The summed E-state index contributed by atoms with van der Waals surface area (Å²) in [6.45, 7) is 3.57. The van der Waals surface area contributed by atoms with Crippen molar-refractivity contribution in [2.45, 2.75) is 22.7 Å². The van der Waals surface area contributed by atoms with E-state index in [-0.39, 0.29) is 5.82 Å². The second-order valence-corrected chi connectivity index (χ2v) is 6.85. The zero-order valence-electron chi connectivity index (χ0n) is 11.6. The lowest BCUT2D eigenvalue weighted by Crippen LogP contribution is -2.12. The van der Waals surface area contributed by atoms with E-state index in [1.807, 2.05) is 37.3 Å². The Kier molecular flexibility index (Phi) is 4.53. The van der Waals surface area contributed by atoms with Crippen molar-refractivity contribution < 1.29 is 4.39 Å². The summed E-state index contributed by atoms with van der Waals surface area (Å²) < 4.78 is 16.2. The van der Waals surface area contributed by atoms with Crippen LogP contribution in [-0.4, -0.2) is 11.5 Å². The fourth-order valence-corrected chi connectivity index (χ4v) is 4.19. The number of aromatic nitrogens is 1. The molecule has 0 aliphatic carbocycles. The molecule has 0 aliphatic heterocycles. The van der Waals surface area contributed by atoms with Gasteiger partial charge < -0.3 is 5.32 Å². The van der Waals surface area contributed by atoms with Gasteiger partial charge in [0.2, 0.25) is 0 Å². The lowest BCUT2D eigenvalue weighted by molar-refractivity contribution is 0.591. The van der Waals surface area contributed by atoms with Gasteiger partial charge in [0.15, 0.2) is 4.34 Å². The fraction of sp³-hybridized carbons (Fsp3) is 0.188. The summed E-state index contributed by atoms with van der Waals surface area (Å²) in [6, 6.07) is 13.2. The SMILES string of the molecule is CCNCc1cccc(F)c1Sc1nc2ccccc2s1. The second kappa shape index (κ2) is 6.56. The number of para-hydroxylation sites is 1. The molecule has 3 aromatic rings. The molecule has 0 radical (unpaired) electrons. The minimum absolute atomic E-state index is 0.186. The monoisotopic (exact) mass is 318 g/mol. The van der Waals surface area contributed by atoms with E-state index < -0.39 is 0 Å². The molecule has 1 N–H and O–H groups in total. The van der Waals surface area contributed by atoms with Crippen LogP contribution >= 0.6 is 23.1 Å². The number of rotatable bonds is 5. The van der Waals surface area contributed by atoms with Crippen molar-refractivity contribution in [1.82, 2.24) is 10.3 Å². The largest absolute Gasteiger partial charge is 0.313 e. The third-order valence-corrected chi connectivity index (χ3v) is 5.34. The summed E-state index contributed by atoms with van der Waals surface area (Å²) in [6.07, 6.45) is 0. The van der Waals surface area contributed by atoms with Crippen molar-refractivity contribution in [3.63, 3.8) is 0 Å². The smallest absolute Gasteiger partial charge is 0.156 e. The van der Waals surface area contributed by atoms with E-state index >= 15 is 0 Å². The Morgan fingerprint density at radius 1 is 1.19 bits per heavy atom. The van der Waals surface area contributed by atoms with Crippen LogP contribution in [0.2, 0.25) is 0 Å². The zero-order chi connectivity index (χ0) is 14.7. The van der Waals surface area contributed by atoms with Crippen LogP contribution in [0.25, 0.3) is 10.2 Å². The van der Waals surface area contributed by atoms with Gasteiger partial charge >= 0.3 is 0 Å². The van der Waals surface area contributed by atoms with Gasteiger partial charge in [0, 0.05) is 6.54 Å². The number of hydrogen-bond donors (Lipinski definition) is 1. The van der Waals surface area contributed by atoms with Gasteiger partial charge in [-0.05, 0) is 30.3 Å². The molecule has 2 aromatic carbocycles. The first kappa shape index (κ1) is 14.5. The molecule has 0 amide bonds. The van der Waals surface area contributed by atoms with Gasteiger partial charge in [-0.2, -0.15) is 0 Å². The first-order chi connectivity index (χ1) is 10.3. The summed E-state index contributed by atoms with van der Waals surface area (Å²) in [5.41, 5.74) is 1.94. The second-order valence-electron chi connectivity index (χ2n) is 4.56.